The Morgan fingerprint density at radius 1 is 1.41 bits per heavy atom. The van der Waals surface area contributed by atoms with E-state index in [4.69, 9.17) is 15.7 Å². The van der Waals surface area contributed by atoms with Crippen LogP contribution < -0.4 is 15.4 Å². The molecular weight excluding hydrogens is 214 g/mol. The Hall–Kier alpha value is -1.89. The van der Waals surface area contributed by atoms with E-state index in [2.05, 4.69) is 24.8 Å². The summed E-state index contributed by atoms with van der Waals surface area (Å²) >= 11 is 0. The van der Waals surface area contributed by atoms with Gasteiger partial charge in [0.25, 0.3) is 0 Å². The molecule has 1 aromatic carbocycles. The maximum atomic E-state index is 8.67. The molecule has 0 aliphatic rings. The summed E-state index contributed by atoms with van der Waals surface area (Å²) < 4.78 is 5.20. The van der Waals surface area contributed by atoms with Crippen molar-refractivity contribution in [2.75, 3.05) is 24.3 Å². The molecule has 0 fully saturated rings. The Balaban J connectivity index is 3.01. The van der Waals surface area contributed by atoms with Gasteiger partial charge in [-0.05, 0) is 19.9 Å². The number of nitrogens with two attached hydrogens (primary N) is 1. The number of anilines is 2. The summed E-state index contributed by atoms with van der Waals surface area (Å²) in [6.45, 7) is 4.88. The molecule has 0 aromatic heterocycles. The van der Waals surface area contributed by atoms with Crippen molar-refractivity contribution in [3.63, 3.8) is 0 Å². The van der Waals surface area contributed by atoms with Crippen molar-refractivity contribution in [3.05, 3.63) is 18.2 Å². The lowest BCUT2D eigenvalue weighted by atomic mass is 10.2. The number of benzene rings is 1. The van der Waals surface area contributed by atoms with E-state index in [1.54, 1.807) is 13.2 Å². The van der Waals surface area contributed by atoms with Crippen molar-refractivity contribution in [2.45, 2.75) is 26.3 Å². The van der Waals surface area contributed by atoms with Gasteiger partial charge in [-0.2, -0.15) is 5.26 Å². The highest BCUT2D eigenvalue weighted by Crippen LogP contribution is 2.26. The van der Waals surface area contributed by atoms with Gasteiger partial charge in [0.1, 0.15) is 5.75 Å². The van der Waals surface area contributed by atoms with Crippen LogP contribution in [-0.4, -0.2) is 19.7 Å². The van der Waals surface area contributed by atoms with E-state index in [1.165, 1.54) is 0 Å². The lowest BCUT2D eigenvalue weighted by Crippen LogP contribution is -2.31. The summed E-state index contributed by atoms with van der Waals surface area (Å²) in [7, 11) is 1.62. The first-order valence-corrected chi connectivity index (χ1v) is 5.66. The molecule has 0 saturated heterocycles. The van der Waals surface area contributed by atoms with Gasteiger partial charge in [-0.3, -0.25) is 0 Å². The number of ether oxygens (including phenoxy) is 1. The molecule has 0 amide bonds. The predicted molar refractivity (Wildman–Crippen MR) is 70.1 cm³/mol. The second-order valence-electron chi connectivity index (χ2n) is 4.16. The number of rotatable bonds is 5. The average molecular weight is 233 g/mol. The maximum Gasteiger partial charge on any atom is 0.122 e. The predicted octanol–water partition coefficient (Wildman–Crippen LogP) is 2.41. The minimum Gasteiger partial charge on any atom is -0.497 e. The van der Waals surface area contributed by atoms with Crippen molar-refractivity contribution >= 4 is 11.4 Å². The van der Waals surface area contributed by atoms with Gasteiger partial charge in [0.2, 0.25) is 0 Å². The SMILES string of the molecule is COc1cc(N)cc(N(CCC#N)C(C)C)c1. The highest BCUT2D eigenvalue weighted by atomic mass is 16.5. The van der Waals surface area contributed by atoms with Crippen LogP contribution in [0.2, 0.25) is 0 Å². The fourth-order valence-electron chi connectivity index (χ4n) is 1.75. The third kappa shape index (κ3) is 3.56. The van der Waals surface area contributed by atoms with E-state index in [0.29, 0.717) is 24.7 Å². The molecular formula is C13H19N3O. The molecule has 4 nitrogen and oxygen atoms in total. The second kappa shape index (κ2) is 6.00. The van der Waals surface area contributed by atoms with E-state index in [1.807, 2.05) is 12.1 Å². The molecule has 1 rings (SSSR count). The summed E-state index contributed by atoms with van der Waals surface area (Å²) in [6, 6.07) is 8.10. The molecule has 0 atom stereocenters. The fraction of sp³-hybridized carbons (Fsp3) is 0.462. The van der Waals surface area contributed by atoms with Crippen molar-refractivity contribution in [1.82, 2.24) is 0 Å². The second-order valence-corrected chi connectivity index (χ2v) is 4.16. The van der Waals surface area contributed by atoms with E-state index in [9.17, 15) is 0 Å². The van der Waals surface area contributed by atoms with Crippen LogP contribution in [0.1, 0.15) is 20.3 Å². The molecule has 0 spiro atoms. The minimum absolute atomic E-state index is 0.315. The van der Waals surface area contributed by atoms with E-state index in [-0.39, 0.29) is 0 Å². The summed E-state index contributed by atoms with van der Waals surface area (Å²) in [5, 5.41) is 8.67. The highest BCUT2D eigenvalue weighted by Gasteiger charge is 2.11. The number of methoxy groups -OCH3 is 1. The standard InChI is InChI=1S/C13H19N3O/c1-10(2)16(6-4-5-14)12-7-11(15)8-13(9-12)17-3/h7-10H,4,6,15H2,1-3H3. The van der Waals surface area contributed by atoms with Gasteiger partial charge in [0, 0.05) is 36.1 Å². The monoisotopic (exact) mass is 233 g/mol. The van der Waals surface area contributed by atoms with Gasteiger partial charge in [-0.15, -0.1) is 0 Å². The van der Waals surface area contributed by atoms with Crippen molar-refractivity contribution in [3.8, 4) is 11.8 Å². The number of nitriles is 1. The molecule has 0 aliphatic carbocycles. The summed E-state index contributed by atoms with van der Waals surface area (Å²) in [5.74, 6) is 0.739. The van der Waals surface area contributed by atoms with Crippen molar-refractivity contribution in [1.29, 1.82) is 5.26 Å². The van der Waals surface area contributed by atoms with Crippen LogP contribution in [-0.2, 0) is 0 Å². The largest absolute Gasteiger partial charge is 0.497 e. The molecule has 0 unspecified atom stereocenters. The zero-order valence-electron chi connectivity index (χ0n) is 10.6. The van der Waals surface area contributed by atoms with Crippen LogP contribution in [0.4, 0.5) is 11.4 Å². The Morgan fingerprint density at radius 2 is 2.12 bits per heavy atom. The summed E-state index contributed by atoms with van der Waals surface area (Å²) in [5.41, 5.74) is 7.49. The molecule has 4 heteroatoms. The number of nitrogen functional groups attached to an aromatic ring is 1. The molecule has 17 heavy (non-hydrogen) atoms. The van der Waals surface area contributed by atoms with E-state index < -0.39 is 0 Å². The Bertz CT molecular complexity index is 410. The lowest BCUT2D eigenvalue weighted by molar-refractivity contribution is 0.415. The number of nitrogens with zero attached hydrogens (tertiary/aromatic N) is 2. The fourth-order valence-corrected chi connectivity index (χ4v) is 1.75. The first-order valence-electron chi connectivity index (χ1n) is 5.66. The van der Waals surface area contributed by atoms with Gasteiger partial charge >= 0.3 is 0 Å². The zero-order chi connectivity index (χ0) is 12.8. The van der Waals surface area contributed by atoms with Gasteiger partial charge in [0.15, 0.2) is 0 Å². The third-order valence-electron chi connectivity index (χ3n) is 2.57. The van der Waals surface area contributed by atoms with E-state index in [0.717, 1.165) is 11.4 Å². The van der Waals surface area contributed by atoms with Gasteiger partial charge in [-0.25, -0.2) is 0 Å². The molecule has 92 valence electrons. The van der Waals surface area contributed by atoms with E-state index >= 15 is 0 Å². The smallest absolute Gasteiger partial charge is 0.122 e. The third-order valence-corrected chi connectivity index (χ3v) is 2.57. The van der Waals surface area contributed by atoms with Gasteiger partial charge in [-0.1, -0.05) is 0 Å². The first kappa shape index (κ1) is 13.2. The maximum absolute atomic E-state index is 8.67. The molecule has 0 saturated carbocycles. The van der Waals surface area contributed by atoms with Crippen LogP contribution >= 0.6 is 0 Å². The molecule has 0 bridgehead atoms. The van der Waals surface area contributed by atoms with Crippen LogP contribution in [0.3, 0.4) is 0 Å². The lowest BCUT2D eigenvalue weighted by Gasteiger charge is -2.28. The minimum atomic E-state index is 0.315. The van der Waals surface area contributed by atoms with Crippen molar-refractivity contribution < 1.29 is 4.74 Å². The van der Waals surface area contributed by atoms with Gasteiger partial charge in [0.05, 0.1) is 19.6 Å². The van der Waals surface area contributed by atoms with Gasteiger partial charge < -0.3 is 15.4 Å². The normalized spacial score (nSPS) is 10.1. The Morgan fingerprint density at radius 3 is 2.65 bits per heavy atom. The van der Waals surface area contributed by atoms with Crippen LogP contribution in [0.5, 0.6) is 5.75 Å². The number of hydrogen-bond acceptors (Lipinski definition) is 4. The Kier molecular flexibility index (Phi) is 4.65. The Labute approximate surface area is 103 Å². The molecule has 0 aliphatic heterocycles. The number of hydrogen-bond donors (Lipinski definition) is 1. The molecule has 0 radical (unpaired) electrons. The molecule has 2 N–H and O–H groups in total. The first-order chi connectivity index (χ1) is 8.08. The summed E-state index contributed by atoms with van der Waals surface area (Å²) in [6.07, 6.45) is 0.495. The zero-order valence-corrected chi connectivity index (χ0v) is 10.6. The van der Waals surface area contributed by atoms with Crippen LogP contribution in [0, 0.1) is 11.3 Å². The van der Waals surface area contributed by atoms with Crippen LogP contribution in [0.15, 0.2) is 18.2 Å². The average Bonchev–Trinajstić information content (AvgIpc) is 2.28. The summed E-state index contributed by atoms with van der Waals surface area (Å²) in [4.78, 5) is 2.14. The van der Waals surface area contributed by atoms with Crippen molar-refractivity contribution in [2.24, 2.45) is 0 Å². The molecule has 1 aromatic rings. The highest BCUT2D eigenvalue weighted by molar-refractivity contribution is 5.61. The van der Waals surface area contributed by atoms with Crippen LogP contribution in [0.25, 0.3) is 0 Å². The molecule has 0 heterocycles. The topological polar surface area (TPSA) is 62.3 Å². The quantitative estimate of drug-likeness (QED) is 0.793.